The molecule has 2 aliphatic rings. The lowest BCUT2D eigenvalue weighted by atomic mass is 10.1. The topological polar surface area (TPSA) is 65.0 Å². The number of halogens is 1. The minimum atomic E-state index is -0.425. The molecule has 7 heteroatoms. The second-order valence-corrected chi connectivity index (χ2v) is 6.93. The van der Waals surface area contributed by atoms with Gasteiger partial charge in [0.15, 0.2) is 0 Å². The molecule has 28 heavy (non-hydrogen) atoms. The van der Waals surface area contributed by atoms with Gasteiger partial charge in [-0.15, -0.1) is 0 Å². The first-order valence-electron chi connectivity index (χ1n) is 9.42. The van der Waals surface area contributed by atoms with Gasteiger partial charge in [0.1, 0.15) is 11.5 Å². The Bertz CT molecular complexity index is 923. The molecule has 1 fully saturated rings. The summed E-state index contributed by atoms with van der Waals surface area (Å²) >= 11 is 0. The fraction of sp³-hybridized carbons (Fsp3) is 0.286. The van der Waals surface area contributed by atoms with Crippen LogP contribution in [0.25, 0.3) is 0 Å². The molecule has 2 aromatic rings. The zero-order valence-electron chi connectivity index (χ0n) is 15.4. The molecule has 0 aliphatic carbocycles. The lowest BCUT2D eigenvalue weighted by molar-refractivity contribution is -0.118. The fourth-order valence-corrected chi connectivity index (χ4v) is 3.50. The molecule has 0 radical (unpaired) electrons. The Morgan fingerprint density at radius 3 is 2.50 bits per heavy atom. The van der Waals surface area contributed by atoms with Crippen LogP contribution in [0.4, 0.5) is 21.5 Å². The van der Waals surface area contributed by atoms with Gasteiger partial charge in [-0.2, -0.15) is 5.10 Å². The minimum Gasteiger partial charge on any atom is -0.371 e. The van der Waals surface area contributed by atoms with Gasteiger partial charge in [0.25, 0.3) is 5.91 Å². The average molecular weight is 380 g/mol. The first-order chi connectivity index (χ1) is 13.6. The summed E-state index contributed by atoms with van der Waals surface area (Å²) in [6.07, 6.45) is 2.61. The van der Waals surface area contributed by atoms with Crippen LogP contribution in [0.1, 0.15) is 25.7 Å². The number of hydrogen-bond donors (Lipinski definition) is 1. The van der Waals surface area contributed by atoms with Crippen molar-refractivity contribution in [1.29, 1.82) is 0 Å². The van der Waals surface area contributed by atoms with Crippen LogP contribution in [0.3, 0.4) is 0 Å². The van der Waals surface area contributed by atoms with Crippen LogP contribution in [-0.2, 0) is 9.59 Å². The van der Waals surface area contributed by atoms with Crippen molar-refractivity contribution in [1.82, 2.24) is 0 Å². The van der Waals surface area contributed by atoms with E-state index in [0.717, 1.165) is 31.6 Å². The summed E-state index contributed by atoms with van der Waals surface area (Å²) in [6, 6.07) is 13.5. The molecule has 144 valence electrons. The molecular formula is C21H21FN4O2. The highest BCUT2D eigenvalue weighted by Crippen LogP contribution is 2.26. The smallest absolute Gasteiger partial charge is 0.271 e. The minimum absolute atomic E-state index is 0.162. The fourth-order valence-electron chi connectivity index (χ4n) is 3.50. The Hall–Kier alpha value is -3.22. The lowest BCUT2D eigenvalue weighted by Crippen LogP contribution is -2.36. The number of carbonyl (C=O) groups is 2. The Balaban J connectivity index is 1.54. The summed E-state index contributed by atoms with van der Waals surface area (Å²) in [5, 5.41) is 8.21. The van der Waals surface area contributed by atoms with Crippen LogP contribution >= 0.6 is 0 Å². The van der Waals surface area contributed by atoms with Crippen molar-refractivity contribution in [2.45, 2.75) is 25.7 Å². The standard InChI is InChI=1S/C21H21FN4O2/c22-15-12-16(14-18(13-15)25-10-4-5-11-25)23-21(28)19-8-9-20(27)26(24-19)17-6-2-1-3-7-17/h1-3,6-7,12-14H,4-5,8-11H2,(H,23,28). The Morgan fingerprint density at radius 1 is 1.00 bits per heavy atom. The molecule has 0 bridgehead atoms. The van der Waals surface area contributed by atoms with E-state index < -0.39 is 11.7 Å². The Labute approximate surface area is 162 Å². The summed E-state index contributed by atoms with van der Waals surface area (Å²) in [5.74, 6) is -0.984. The van der Waals surface area contributed by atoms with Crippen LogP contribution in [0.15, 0.2) is 53.6 Å². The molecule has 0 saturated carbocycles. The second kappa shape index (κ2) is 7.80. The van der Waals surface area contributed by atoms with E-state index in [1.54, 1.807) is 30.3 Å². The number of carbonyl (C=O) groups excluding carboxylic acids is 2. The van der Waals surface area contributed by atoms with Gasteiger partial charge in [0, 0.05) is 37.3 Å². The number of nitrogens with zero attached hydrogens (tertiary/aromatic N) is 3. The van der Waals surface area contributed by atoms with Gasteiger partial charge in [0.2, 0.25) is 5.91 Å². The second-order valence-electron chi connectivity index (χ2n) is 6.93. The zero-order valence-corrected chi connectivity index (χ0v) is 15.4. The number of hydrazone groups is 1. The largest absolute Gasteiger partial charge is 0.371 e. The van der Waals surface area contributed by atoms with Crippen molar-refractivity contribution < 1.29 is 14.0 Å². The van der Waals surface area contributed by atoms with E-state index in [1.807, 2.05) is 6.07 Å². The van der Waals surface area contributed by atoms with Crippen molar-refractivity contribution >= 4 is 34.6 Å². The van der Waals surface area contributed by atoms with E-state index in [4.69, 9.17) is 0 Å². The molecule has 0 aromatic heterocycles. The van der Waals surface area contributed by atoms with Gasteiger partial charge in [-0.05, 0) is 43.2 Å². The summed E-state index contributed by atoms with van der Waals surface area (Å²) in [4.78, 5) is 27.0. The van der Waals surface area contributed by atoms with Crippen molar-refractivity contribution in [2.24, 2.45) is 5.10 Å². The predicted molar refractivity (Wildman–Crippen MR) is 107 cm³/mol. The Morgan fingerprint density at radius 2 is 1.75 bits per heavy atom. The first-order valence-corrected chi connectivity index (χ1v) is 9.42. The van der Waals surface area contributed by atoms with E-state index in [-0.39, 0.29) is 24.5 Å². The number of rotatable bonds is 4. The van der Waals surface area contributed by atoms with Gasteiger partial charge in [-0.3, -0.25) is 9.59 Å². The van der Waals surface area contributed by atoms with Gasteiger partial charge >= 0.3 is 0 Å². The van der Waals surface area contributed by atoms with Gasteiger partial charge < -0.3 is 10.2 Å². The third-order valence-corrected chi connectivity index (χ3v) is 4.91. The first kappa shape index (κ1) is 18.2. The maximum absolute atomic E-state index is 14.0. The van der Waals surface area contributed by atoms with Crippen LogP contribution in [-0.4, -0.2) is 30.6 Å². The quantitative estimate of drug-likeness (QED) is 0.882. The third-order valence-electron chi connectivity index (χ3n) is 4.91. The van der Waals surface area contributed by atoms with Gasteiger partial charge in [-0.25, -0.2) is 9.40 Å². The summed E-state index contributed by atoms with van der Waals surface area (Å²) in [7, 11) is 0. The van der Waals surface area contributed by atoms with Crippen molar-refractivity contribution in [3.8, 4) is 0 Å². The lowest BCUT2D eigenvalue weighted by Gasteiger charge is -2.23. The molecule has 2 heterocycles. The molecule has 1 N–H and O–H groups in total. The zero-order chi connectivity index (χ0) is 19.5. The van der Waals surface area contributed by atoms with Crippen molar-refractivity contribution in [2.75, 3.05) is 28.3 Å². The highest BCUT2D eigenvalue weighted by molar-refractivity contribution is 6.44. The molecule has 0 spiro atoms. The van der Waals surface area contributed by atoms with Gasteiger partial charge in [0.05, 0.1) is 5.69 Å². The SMILES string of the molecule is O=C(Nc1cc(F)cc(N2CCCC2)c1)C1=NN(c2ccccc2)C(=O)CC1. The van der Waals surface area contributed by atoms with Gasteiger partial charge in [-0.1, -0.05) is 18.2 Å². The van der Waals surface area contributed by atoms with E-state index in [9.17, 15) is 14.0 Å². The summed E-state index contributed by atoms with van der Waals surface area (Å²) < 4.78 is 14.0. The van der Waals surface area contributed by atoms with Crippen LogP contribution in [0.2, 0.25) is 0 Å². The van der Waals surface area contributed by atoms with Crippen molar-refractivity contribution in [3.63, 3.8) is 0 Å². The third kappa shape index (κ3) is 3.88. The number of nitrogens with one attached hydrogen (secondary N) is 1. The molecule has 2 amide bonds. The molecule has 4 rings (SSSR count). The van der Waals surface area contributed by atoms with E-state index >= 15 is 0 Å². The van der Waals surface area contributed by atoms with E-state index in [1.165, 1.54) is 17.1 Å². The number of para-hydroxylation sites is 1. The molecule has 0 atom stereocenters. The molecule has 2 aliphatic heterocycles. The van der Waals surface area contributed by atoms with Crippen LogP contribution in [0.5, 0.6) is 0 Å². The number of benzene rings is 2. The van der Waals surface area contributed by atoms with E-state index in [0.29, 0.717) is 11.4 Å². The monoisotopic (exact) mass is 380 g/mol. The number of anilines is 3. The molecule has 1 saturated heterocycles. The van der Waals surface area contributed by atoms with Crippen LogP contribution in [0, 0.1) is 5.82 Å². The molecule has 0 unspecified atom stereocenters. The molecule has 6 nitrogen and oxygen atoms in total. The van der Waals surface area contributed by atoms with Crippen molar-refractivity contribution in [3.05, 3.63) is 54.3 Å². The summed E-state index contributed by atoms with van der Waals surface area (Å²) in [5.41, 5.74) is 2.01. The Kier molecular flexibility index (Phi) is 5.06. The molecule has 2 aromatic carbocycles. The maximum atomic E-state index is 14.0. The normalized spacial score (nSPS) is 16.9. The molecular weight excluding hydrogens is 359 g/mol. The number of hydrogen-bond acceptors (Lipinski definition) is 4. The number of amides is 2. The predicted octanol–water partition coefficient (Wildman–Crippen LogP) is 3.55. The van der Waals surface area contributed by atoms with Crippen LogP contribution < -0.4 is 15.2 Å². The average Bonchev–Trinajstić information content (AvgIpc) is 3.23. The highest BCUT2D eigenvalue weighted by Gasteiger charge is 2.26. The van der Waals surface area contributed by atoms with E-state index in [2.05, 4.69) is 15.3 Å². The maximum Gasteiger partial charge on any atom is 0.271 e. The summed E-state index contributed by atoms with van der Waals surface area (Å²) in [6.45, 7) is 1.77. The highest BCUT2D eigenvalue weighted by atomic mass is 19.1.